The lowest BCUT2D eigenvalue weighted by Crippen LogP contribution is -2.50. The molecule has 27 heavy (non-hydrogen) atoms. The van der Waals surface area contributed by atoms with Crippen LogP contribution in [-0.2, 0) is 19.1 Å². The third-order valence-electron chi connectivity index (χ3n) is 4.85. The maximum atomic E-state index is 13.1. The molecule has 1 rings (SSSR count). The molecule has 0 spiro atoms. The van der Waals surface area contributed by atoms with Gasteiger partial charge in [0, 0.05) is 44.8 Å². The van der Waals surface area contributed by atoms with Crippen LogP contribution >= 0.6 is 0 Å². The number of rotatable bonds is 9. The standard InChI is InChI=1S/C20H36N2O5/c1-6-27-12-8-11-21(13-15(2)18(24)25)17(23)16-9-7-10-22(14-16)19(26)20(3,4)5/h15-16H,6-14H2,1-5H3,(H,24,25). The first-order valence-electron chi connectivity index (χ1n) is 9.96. The van der Waals surface area contributed by atoms with Crippen LogP contribution in [0.25, 0.3) is 0 Å². The fourth-order valence-corrected chi connectivity index (χ4v) is 3.30. The highest BCUT2D eigenvalue weighted by molar-refractivity contribution is 5.84. The van der Waals surface area contributed by atoms with E-state index in [0.29, 0.717) is 39.3 Å². The van der Waals surface area contributed by atoms with E-state index in [-0.39, 0.29) is 24.3 Å². The summed E-state index contributed by atoms with van der Waals surface area (Å²) in [6.45, 7) is 12.1. The van der Waals surface area contributed by atoms with Gasteiger partial charge >= 0.3 is 5.97 Å². The number of amides is 2. The molecule has 0 aromatic carbocycles. The van der Waals surface area contributed by atoms with Crippen molar-refractivity contribution in [3.8, 4) is 0 Å². The minimum atomic E-state index is -0.911. The van der Waals surface area contributed by atoms with Gasteiger partial charge in [0.05, 0.1) is 11.8 Å². The molecule has 2 atom stereocenters. The first-order valence-corrected chi connectivity index (χ1v) is 9.96. The molecule has 7 heteroatoms. The van der Waals surface area contributed by atoms with Crippen molar-refractivity contribution < 1.29 is 24.2 Å². The molecule has 0 aliphatic carbocycles. The summed E-state index contributed by atoms with van der Waals surface area (Å²) in [6, 6.07) is 0. The fraction of sp³-hybridized carbons (Fsp3) is 0.850. The average Bonchev–Trinajstić information content (AvgIpc) is 2.62. The Kier molecular flexibility index (Phi) is 9.22. The summed E-state index contributed by atoms with van der Waals surface area (Å²) in [5.41, 5.74) is -0.472. The molecule has 0 aromatic rings. The molecule has 2 unspecified atom stereocenters. The predicted molar refractivity (Wildman–Crippen MR) is 103 cm³/mol. The van der Waals surface area contributed by atoms with Gasteiger partial charge in [0.25, 0.3) is 0 Å². The van der Waals surface area contributed by atoms with Crippen LogP contribution in [0.4, 0.5) is 0 Å². The van der Waals surface area contributed by atoms with E-state index in [1.54, 1.807) is 16.7 Å². The Bertz CT molecular complexity index is 515. The van der Waals surface area contributed by atoms with Gasteiger partial charge in [0.15, 0.2) is 0 Å². The second-order valence-electron chi connectivity index (χ2n) is 8.41. The second kappa shape index (κ2) is 10.6. The molecule has 1 aliphatic rings. The minimum Gasteiger partial charge on any atom is -0.481 e. The van der Waals surface area contributed by atoms with Crippen molar-refractivity contribution >= 4 is 17.8 Å². The topological polar surface area (TPSA) is 87.2 Å². The number of carboxylic acid groups (broad SMARTS) is 1. The van der Waals surface area contributed by atoms with Crippen LogP contribution < -0.4 is 0 Å². The number of piperidine rings is 1. The Hall–Kier alpha value is -1.63. The fourth-order valence-electron chi connectivity index (χ4n) is 3.30. The molecule has 0 radical (unpaired) electrons. The van der Waals surface area contributed by atoms with E-state index in [0.717, 1.165) is 12.8 Å². The van der Waals surface area contributed by atoms with Crippen molar-refractivity contribution in [2.75, 3.05) is 39.4 Å². The molecule has 1 heterocycles. The van der Waals surface area contributed by atoms with Gasteiger partial charge in [-0.1, -0.05) is 27.7 Å². The first kappa shape index (κ1) is 23.4. The number of carbonyl (C=O) groups excluding carboxylic acids is 2. The monoisotopic (exact) mass is 384 g/mol. The van der Waals surface area contributed by atoms with Gasteiger partial charge in [-0.05, 0) is 26.2 Å². The van der Waals surface area contributed by atoms with E-state index < -0.39 is 17.3 Å². The van der Waals surface area contributed by atoms with Crippen molar-refractivity contribution in [1.29, 1.82) is 0 Å². The molecule has 0 bridgehead atoms. The lowest BCUT2D eigenvalue weighted by atomic mass is 9.90. The molecule has 2 amide bonds. The molecule has 1 saturated heterocycles. The van der Waals surface area contributed by atoms with Crippen LogP contribution in [-0.4, -0.2) is 72.1 Å². The average molecular weight is 385 g/mol. The van der Waals surface area contributed by atoms with E-state index >= 15 is 0 Å². The summed E-state index contributed by atoms with van der Waals surface area (Å²) >= 11 is 0. The van der Waals surface area contributed by atoms with Crippen LogP contribution in [0, 0.1) is 17.3 Å². The Balaban J connectivity index is 2.79. The van der Waals surface area contributed by atoms with Gasteiger partial charge in [0.1, 0.15) is 0 Å². The van der Waals surface area contributed by atoms with E-state index in [9.17, 15) is 19.5 Å². The van der Waals surface area contributed by atoms with E-state index in [1.807, 2.05) is 27.7 Å². The second-order valence-corrected chi connectivity index (χ2v) is 8.41. The summed E-state index contributed by atoms with van der Waals surface area (Å²) < 4.78 is 5.34. The SMILES string of the molecule is CCOCCCN(CC(C)C(=O)O)C(=O)C1CCCN(C(=O)C(C)(C)C)C1. The summed E-state index contributed by atoms with van der Waals surface area (Å²) in [5.74, 6) is -1.80. The third kappa shape index (κ3) is 7.48. The lowest BCUT2D eigenvalue weighted by Gasteiger charge is -2.38. The van der Waals surface area contributed by atoms with Gasteiger partial charge in [-0.25, -0.2) is 0 Å². The van der Waals surface area contributed by atoms with Gasteiger partial charge in [-0.2, -0.15) is 0 Å². The van der Waals surface area contributed by atoms with Crippen molar-refractivity contribution in [2.45, 2.75) is 53.9 Å². The maximum absolute atomic E-state index is 13.1. The molecule has 156 valence electrons. The number of ether oxygens (including phenoxy) is 1. The number of likely N-dealkylation sites (tertiary alicyclic amines) is 1. The predicted octanol–water partition coefficient (Wildman–Crippen LogP) is 2.25. The largest absolute Gasteiger partial charge is 0.481 e. The van der Waals surface area contributed by atoms with Crippen LogP contribution in [0.2, 0.25) is 0 Å². The van der Waals surface area contributed by atoms with Crippen molar-refractivity contribution in [3.05, 3.63) is 0 Å². The molecule has 7 nitrogen and oxygen atoms in total. The molecule has 0 saturated carbocycles. The van der Waals surface area contributed by atoms with Crippen LogP contribution in [0.5, 0.6) is 0 Å². The van der Waals surface area contributed by atoms with Gasteiger partial charge < -0.3 is 19.6 Å². The number of hydrogen-bond donors (Lipinski definition) is 1. The van der Waals surface area contributed by atoms with Gasteiger partial charge in [-0.15, -0.1) is 0 Å². The lowest BCUT2D eigenvalue weighted by molar-refractivity contribution is -0.146. The number of carbonyl (C=O) groups is 3. The van der Waals surface area contributed by atoms with Crippen LogP contribution in [0.1, 0.15) is 53.9 Å². The quantitative estimate of drug-likeness (QED) is 0.616. The molecular weight excluding hydrogens is 348 g/mol. The molecule has 1 fully saturated rings. The van der Waals surface area contributed by atoms with E-state index in [1.165, 1.54) is 0 Å². The Morgan fingerprint density at radius 1 is 1.30 bits per heavy atom. The molecular formula is C20H36N2O5. The zero-order valence-corrected chi connectivity index (χ0v) is 17.5. The van der Waals surface area contributed by atoms with Gasteiger partial charge in [0.2, 0.25) is 11.8 Å². The summed E-state index contributed by atoms with van der Waals surface area (Å²) in [4.78, 5) is 40.3. The summed E-state index contributed by atoms with van der Waals surface area (Å²) in [6.07, 6.45) is 2.19. The zero-order chi connectivity index (χ0) is 20.6. The zero-order valence-electron chi connectivity index (χ0n) is 17.5. The summed E-state index contributed by atoms with van der Waals surface area (Å²) in [7, 11) is 0. The van der Waals surface area contributed by atoms with Crippen LogP contribution in [0.3, 0.4) is 0 Å². The summed E-state index contributed by atoms with van der Waals surface area (Å²) in [5, 5.41) is 9.22. The highest BCUT2D eigenvalue weighted by Crippen LogP contribution is 2.25. The molecule has 1 N–H and O–H groups in total. The molecule has 1 aliphatic heterocycles. The van der Waals surface area contributed by atoms with Crippen molar-refractivity contribution in [1.82, 2.24) is 9.80 Å². The smallest absolute Gasteiger partial charge is 0.308 e. The Labute approximate surface area is 163 Å². The van der Waals surface area contributed by atoms with Crippen molar-refractivity contribution in [3.63, 3.8) is 0 Å². The Morgan fingerprint density at radius 2 is 1.96 bits per heavy atom. The van der Waals surface area contributed by atoms with Gasteiger partial charge in [-0.3, -0.25) is 14.4 Å². The highest BCUT2D eigenvalue weighted by atomic mass is 16.5. The molecule has 0 aromatic heterocycles. The minimum absolute atomic E-state index is 0.0500. The normalized spacial score (nSPS) is 18.9. The highest BCUT2D eigenvalue weighted by Gasteiger charge is 2.35. The Morgan fingerprint density at radius 3 is 2.52 bits per heavy atom. The van der Waals surface area contributed by atoms with E-state index in [4.69, 9.17) is 4.74 Å². The number of nitrogens with zero attached hydrogens (tertiary/aromatic N) is 2. The third-order valence-corrected chi connectivity index (χ3v) is 4.85. The van der Waals surface area contributed by atoms with Crippen molar-refractivity contribution in [2.24, 2.45) is 17.3 Å². The van der Waals surface area contributed by atoms with E-state index in [2.05, 4.69) is 0 Å². The van der Waals surface area contributed by atoms with Crippen LogP contribution in [0.15, 0.2) is 0 Å². The first-order chi connectivity index (χ1) is 12.6. The number of hydrogen-bond acceptors (Lipinski definition) is 4. The number of aliphatic carboxylic acids is 1. The maximum Gasteiger partial charge on any atom is 0.308 e. The number of carboxylic acids is 1.